The van der Waals surface area contributed by atoms with Gasteiger partial charge in [0.25, 0.3) is 0 Å². The Kier molecular flexibility index (Phi) is 6.87. The number of nitrogens with zero attached hydrogens (tertiary/aromatic N) is 2. The van der Waals surface area contributed by atoms with E-state index in [0.717, 1.165) is 31.2 Å². The van der Waals surface area contributed by atoms with Crippen LogP contribution in [-0.4, -0.2) is 43.5 Å². The summed E-state index contributed by atoms with van der Waals surface area (Å²) in [5.74, 6) is 1.41. The number of methoxy groups -OCH3 is 2. The molecule has 1 atom stereocenters. The molecule has 0 aliphatic heterocycles. The molecule has 1 aromatic heterocycles. The van der Waals surface area contributed by atoms with E-state index in [1.54, 1.807) is 14.2 Å². The van der Waals surface area contributed by atoms with Gasteiger partial charge in [0.05, 0.1) is 18.3 Å². The van der Waals surface area contributed by atoms with Crippen LogP contribution in [0.25, 0.3) is 0 Å². The van der Waals surface area contributed by atoms with E-state index < -0.39 is 0 Å². The van der Waals surface area contributed by atoms with E-state index in [2.05, 4.69) is 34.9 Å². The number of aryl methyl sites for hydroxylation is 1. The van der Waals surface area contributed by atoms with Gasteiger partial charge < -0.3 is 19.4 Å². The topological polar surface area (TPSA) is 48.3 Å². The standard InChI is InChI=1S/C14H27N3O2/c1-11(2)13(10-19-5)17-9-12(3)16-14(17)15-7-6-8-18-4/h9,11,13H,6-8,10H2,1-5H3,(H,15,16). The Morgan fingerprint density at radius 2 is 2.05 bits per heavy atom. The summed E-state index contributed by atoms with van der Waals surface area (Å²) in [5, 5.41) is 3.38. The molecule has 0 fully saturated rings. The highest BCUT2D eigenvalue weighted by Gasteiger charge is 2.19. The predicted octanol–water partition coefficient (Wildman–Crippen LogP) is 2.48. The molecule has 1 aromatic rings. The van der Waals surface area contributed by atoms with Gasteiger partial charge in [0.1, 0.15) is 0 Å². The first-order valence-electron chi connectivity index (χ1n) is 6.87. The molecule has 1 heterocycles. The molecule has 0 aliphatic carbocycles. The summed E-state index contributed by atoms with van der Waals surface area (Å²) in [4.78, 5) is 4.55. The van der Waals surface area contributed by atoms with Gasteiger partial charge in [-0.2, -0.15) is 0 Å². The van der Waals surface area contributed by atoms with Crippen LogP contribution in [0.5, 0.6) is 0 Å². The Morgan fingerprint density at radius 1 is 1.32 bits per heavy atom. The maximum atomic E-state index is 5.33. The molecule has 0 saturated heterocycles. The number of aromatic nitrogens is 2. The summed E-state index contributed by atoms with van der Waals surface area (Å²) >= 11 is 0. The summed E-state index contributed by atoms with van der Waals surface area (Å²) in [6, 6.07) is 0.302. The van der Waals surface area contributed by atoms with E-state index in [-0.39, 0.29) is 0 Å². The van der Waals surface area contributed by atoms with Crippen LogP contribution in [0.2, 0.25) is 0 Å². The maximum Gasteiger partial charge on any atom is 0.203 e. The van der Waals surface area contributed by atoms with Crippen LogP contribution in [0.15, 0.2) is 6.20 Å². The number of ether oxygens (including phenoxy) is 2. The molecule has 110 valence electrons. The van der Waals surface area contributed by atoms with Gasteiger partial charge in [-0.3, -0.25) is 0 Å². The fourth-order valence-corrected chi connectivity index (χ4v) is 2.08. The summed E-state index contributed by atoms with van der Waals surface area (Å²) in [6.07, 6.45) is 3.06. The van der Waals surface area contributed by atoms with Crippen LogP contribution in [0.1, 0.15) is 32.0 Å². The van der Waals surface area contributed by atoms with Crippen molar-refractivity contribution in [1.29, 1.82) is 0 Å². The molecule has 0 radical (unpaired) electrons. The molecule has 0 aromatic carbocycles. The average Bonchev–Trinajstić information content (AvgIpc) is 2.72. The summed E-state index contributed by atoms with van der Waals surface area (Å²) in [5.41, 5.74) is 1.02. The second kappa shape index (κ2) is 8.17. The SMILES string of the molecule is COCCCNc1nc(C)cn1C(COC)C(C)C. The first kappa shape index (κ1) is 16.0. The molecule has 0 amide bonds. The Balaban J connectivity index is 2.75. The highest BCUT2D eigenvalue weighted by Crippen LogP contribution is 2.23. The number of nitrogens with one attached hydrogen (secondary N) is 1. The second-order valence-corrected chi connectivity index (χ2v) is 5.15. The Hall–Kier alpha value is -1.07. The van der Waals surface area contributed by atoms with Crippen LogP contribution in [0, 0.1) is 12.8 Å². The van der Waals surface area contributed by atoms with Gasteiger partial charge in [-0.1, -0.05) is 13.8 Å². The third-order valence-electron chi connectivity index (χ3n) is 3.13. The molecule has 1 rings (SSSR count). The van der Waals surface area contributed by atoms with Gasteiger partial charge in [0.15, 0.2) is 0 Å². The molecule has 0 bridgehead atoms. The maximum absolute atomic E-state index is 5.33. The summed E-state index contributed by atoms with van der Waals surface area (Å²) < 4.78 is 12.6. The summed E-state index contributed by atoms with van der Waals surface area (Å²) in [7, 11) is 3.46. The fraction of sp³-hybridized carbons (Fsp3) is 0.786. The molecule has 1 unspecified atom stereocenters. The molecule has 0 saturated carbocycles. The van der Waals surface area contributed by atoms with Gasteiger partial charge in [0, 0.05) is 33.6 Å². The van der Waals surface area contributed by atoms with Crippen molar-refractivity contribution in [3.05, 3.63) is 11.9 Å². The Bertz CT molecular complexity index is 364. The lowest BCUT2D eigenvalue weighted by atomic mass is 10.1. The van der Waals surface area contributed by atoms with Crippen molar-refractivity contribution in [2.75, 3.05) is 39.3 Å². The smallest absolute Gasteiger partial charge is 0.203 e. The summed E-state index contributed by atoms with van der Waals surface area (Å²) in [6.45, 7) is 8.74. The van der Waals surface area contributed by atoms with Crippen LogP contribution in [0.3, 0.4) is 0 Å². The molecule has 0 aliphatic rings. The van der Waals surface area contributed by atoms with E-state index in [9.17, 15) is 0 Å². The molecule has 5 heteroatoms. The minimum absolute atomic E-state index is 0.302. The third-order valence-corrected chi connectivity index (χ3v) is 3.13. The van der Waals surface area contributed by atoms with Crippen molar-refractivity contribution in [3.8, 4) is 0 Å². The Morgan fingerprint density at radius 3 is 2.63 bits per heavy atom. The zero-order chi connectivity index (χ0) is 14.3. The fourth-order valence-electron chi connectivity index (χ4n) is 2.08. The number of rotatable bonds is 9. The number of hydrogen-bond acceptors (Lipinski definition) is 4. The van der Waals surface area contributed by atoms with E-state index >= 15 is 0 Å². The first-order chi connectivity index (χ1) is 9.10. The third kappa shape index (κ3) is 4.84. The van der Waals surface area contributed by atoms with Gasteiger partial charge in [-0.25, -0.2) is 4.98 Å². The average molecular weight is 269 g/mol. The monoisotopic (exact) mass is 269 g/mol. The molecule has 19 heavy (non-hydrogen) atoms. The zero-order valence-electron chi connectivity index (χ0n) is 12.8. The van der Waals surface area contributed by atoms with E-state index in [1.807, 2.05) is 6.92 Å². The lowest BCUT2D eigenvalue weighted by Gasteiger charge is -2.23. The van der Waals surface area contributed by atoms with Crippen molar-refractivity contribution in [1.82, 2.24) is 9.55 Å². The van der Waals surface area contributed by atoms with Crippen LogP contribution in [-0.2, 0) is 9.47 Å². The zero-order valence-corrected chi connectivity index (χ0v) is 12.8. The predicted molar refractivity (Wildman–Crippen MR) is 77.7 cm³/mol. The number of anilines is 1. The molecular formula is C14H27N3O2. The van der Waals surface area contributed by atoms with E-state index in [1.165, 1.54) is 0 Å². The lowest BCUT2D eigenvalue weighted by Crippen LogP contribution is -2.22. The van der Waals surface area contributed by atoms with E-state index in [4.69, 9.17) is 9.47 Å². The minimum Gasteiger partial charge on any atom is -0.385 e. The lowest BCUT2D eigenvalue weighted by molar-refractivity contribution is 0.134. The highest BCUT2D eigenvalue weighted by molar-refractivity contribution is 5.29. The Labute approximate surface area is 116 Å². The van der Waals surface area contributed by atoms with Crippen molar-refractivity contribution < 1.29 is 9.47 Å². The van der Waals surface area contributed by atoms with Crippen molar-refractivity contribution >= 4 is 5.95 Å². The normalized spacial score (nSPS) is 12.9. The van der Waals surface area contributed by atoms with Gasteiger partial charge in [0.2, 0.25) is 5.95 Å². The molecule has 5 nitrogen and oxygen atoms in total. The van der Waals surface area contributed by atoms with Crippen molar-refractivity contribution in [3.63, 3.8) is 0 Å². The van der Waals surface area contributed by atoms with Gasteiger partial charge >= 0.3 is 0 Å². The van der Waals surface area contributed by atoms with Gasteiger partial charge in [-0.05, 0) is 19.3 Å². The highest BCUT2D eigenvalue weighted by atomic mass is 16.5. The van der Waals surface area contributed by atoms with Crippen LogP contribution in [0.4, 0.5) is 5.95 Å². The van der Waals surface area contributed by atoms with E-state index in [0.29, 0.717) is 18.6 Å². The number of imidazole rings is 1. The molecular weight excluding hydrogens is 242 g/mol. The number of hydrogen-bond donors (Lipinski definition) is 1. The van der Waals surface area contributed by atoms with Crippen LogP contribution >= 0.6 is 0 Å². The first-order valence-corrected chi connectivity index (χ1v) is 6.87. The quantitative estimate of drug-likeness (QED) is 0.700. The van der Waals surface area contributed by atoms with Crippen molar-refractivity contribution in [2.24, 2.45) is 5.92 Å². The van der Waals surface area contributed by atoms with Crippen LogP contribution < -0.4 is 5.32 Å². The molecule has 0 spiro atoms. The molecule has 1 N–H and O–H groups in total. The minimum atomic E-state index is 0.302. The van der Waals surface area contributed by atoms with Gasteiger partial charge in [-0.15, -0.1) is 0 Å². The largest absolute Gasteiger partial charge is 0.385 e. The second-order valence-electron chi connectivity index (χ2n) is 5.15. The van der Waals surface area contributed by atoms with Crippen molar-refractivity contribution in [2.45, 2.75) is 33.2 Å².